The van der Waals surface area contributed by atoms with E-state index in [4.69, 9.17) is 9.47 Å². The summed E-state index contributed by atoms with van der Waals surface area (Å²) in [4.78, 5) is 10.9. The van der Waals surface area contributed by atoms with E-state index in [-0.39, 0.29) is 0 Å². The maximum Gasteiger partial charge on any atom is 0.407 e. The third-order valence-corrected chi connectivity index (χ3v) is 1.59. The van der Waals surface area contributed by atoms with E-state index in [0.29, 0.717) is 26.4 Å². The number of rotatable bonds is 7. The first-order chi connectivity index (χ1) is 7.02. The molecule has 15 heavy (non-hydrogen) atoms. The van der Waals surface area contributed by atoms with Crippen LogP contribution in [0.5, 0.6) is 0 Å². The summed E-state index contributed by atoms with van der Waals surface area (Å²) in [7, 11) is 0. The summed E-state index contributed by atoms with van der Waals surface area (Å²) in [5.41, 5.74) is 0. The number of ether oxygens (including phenoxy) is 3. The Labute approximate surface area is 91.1 Å². The summed E-state index contributed by atoms with van der Waals surface area (Å²) in [6.07, 6.45) is -0.421. The second-order valence-corrected chi connectivity index (χ2v) is 3.33. The molecule has 0 aliphatic heterocycles. The minimum atomic E-state index is -0.606. The number of hydrogen-bond acceptors (Lipinski definition) is 4. The van der Waals surface area contributed by atoms with E-state index in [0.717, 1.165) is 0 Å². The quantitative estimate of drug-likeness (QED) is 0.521. The molecule has 5 heteroatoms. The molecule has 0 heterocycles. The second-order valence-electron chi connectivity index (χ2n) is 3.33. The minimum absolute atomic E-state index is 0.372. The first-order valence-corrected chi connectivity index (χ1v) is 5.20. The summed E-state index contributed by atoms with van der Waals surface area (Å²) in [5, 5.41) is 2.56. The van der Waals surface area contributed by atoms with Crippen molar-refractivity contribution >= 4 is 6.09 Å². The molecular weight excluding hydrogens is 198 g/mol. The van der Waals surface area contributed by atoms with Crippen LogP contribution < -0.4 is 5.32 Å². The lowest BCUT2D eigenvalue weighted by Crippen LogP contribution is -2.34. The fourth-order valence-corrected chi connectivity index (χ4v) is 1.02. The van der Waals surface area contributed by atoms with Gasteiger partial charge in [0.2, 0.25) is 0 Å². The Morgan fingerprint density at radius 2 is 1.87 bits per heavy atom. The number of hydrogen-bond donors (Lipinski definition) is 1. The van der Waals surface area contributed by atoms with E-state index in [9.17, 15) is 4.79 Å². The molecule has 1 amide bonds. The zero-order valence-electron chi connectivity index (χ0n) is 9.96. The monoisotopic (exact) mass is 219 g/mol. The van der Waals surface area contributed by atoms with Crippen molar-refractivity contribution in [2.45, 2.75) is 33.5 Å². The van der Waals surface area contributed by atoms with Crippen LogP contribution in [0.2, 0.25) is 0 Å². The molecule has 0 bridgehead atoms. The largest absolute Gasteiger partial charge is 0.450 e. The van der Waals surface area contributed by atoms with E-state index in [2.05, 4.69) is 10.1 Å². The Bertz CT molecular complexity index is 182. The Hall–Kier alpha value is -0.810. The lowest BCUT2D eigenvalue weighted by atomic mass is 10.4. The van der Waals surface area contributed by atoms with Crippen LogP contribution >= 0.6 is 0 Å². The third kappa shape index (κ3) is 8.20. The van der Waals surface area contributed by atoms with Crippen molar-refractivity contribution in [3.8, 4) is 0 Å². The van der Waals surface area contributed by atoms with Crippen LogP contribution in [-0.4, -0.2) is 38.2 Å². The van der Waals surface area contributed by atoms with Crippen LogP contribution in [-0.2, 0) is 14.2 Å². The molecule has 0 atom stereocenters. The van der Waals surface area contributed by atoms with Gasteiger partial charge in [-0.1, -0.05) is 0 Å². The number of alkyl carbamates (subject to hydrolysis) is 1. The fraction of sp³-hybridized carbons (Fsp3) is 0.900. The first kappa shape index (κ1) is 14.2. The highest BCUT2D eigenvalue weighted by Crippen LogP contribution is 2.09. The smallest absolute Gasteiger partial charge is 0.407 e. The molecular formula is C10H21NO4. The average molecular weight is 219 g/mol. The van der Waals surface area contributed by atoms with Crippen LogP contribution in [0, 0.1) is 0 Å². The zero-order chi connectivity index (χ0) is 11.7. The van der Waals surface area contributed by atoms with Crippen molar-refractivity contribution in [1.29, 1.82) is 0 Å². The molecule has 0 fully saturated rings. The van der Waals surface area contributed by atoms with Gasteiger partial charge in [-0.05, 0) is 27.7 Å². The van der Waals surface area contributed by atoms with E-state index >= 15 is 0 Å². The highest BCUT2D eigenvalue weighted by molar-refractivity contribution is 5.66. The molecule has 0 unspecified atom stereocenters. The van der Waals surface area contributed by atoms with Crippen molar-refractivity contribution in [2.75, 3.05) is 26.4 Å². The topological polar surface area (TPSA) is 56.8 Å². The molecule has 5 nitrogen and oxygen atoms in total. The van der Waals surface area contributed by atoms with Gasteiger partial charge in [0.25, 0.3) is 0 Å². The second kappa shape index (κ2) is 7.48. The van der Waals surface area contributed by atoms with Gasteiger partial charge in [0.05, 0.1) is 13.2 Å². The molecule has 0 aromatic rings. The van der Waals surface area contributed by atoms with Crippen molar-refractivity contribution < 1.29 is 19.0 Å². The van der Waals surface area contributed by atoms with Gasteiger partial charge in [-0.25, -0.2) is 4.79 Å². The average Bonchev–Trinajstić information content (AvgIpc) is 2.13. The Kier molecular flexibility index (Phi) is 7.07. The minimum Gasteiger partial charge on any atom is -0.450 e. The standard InChI is InChI=1S/C10H21NO4/c1-5-13-9(12)11-7-8-15-10(3,4)14-6-2/h5-8H2,1-4H3,(H,11,12). The van der Waals surface area contributed by atoms with Crippen LogP contribution in [0.1, 0.15) is 27.7 Å². The molecule has 0 aromatic carbocycles. The van der Waals surface area contributed by atoms with Crippen LogP contribution in [0.25, 0.3) is 0 Å². The van der Waals surface area contributed by atoms with E-state index < -0.39 is 11.9 Å². The van der Waals surface area contributed by atoms with Crippen LogP contribution in [0.15, 0.2) is 0 Å². The Morgan fingerprint density at radius 3 is 2.40 bits per heavy atom. The van der Waals surface area contributed by atoms with Gasteiger partial charge in [-0.3, -0.25) is 0 Å². The summed E-state index contributed by atoms with van der Waals surface area (Å²) in [6.45, 7) is 9.11. The van der Waals surface area contributed by atoms with Crippen molar-refractivity contribution in [1.82, 2.24) is 5.32 Å². The van der Waals surface area contributed by atoms with Gasteiger partial charge in [0.15, 0.2) is 5.79 Å². The van der Waals surface area contributed by atoms with Gasteiger partial charge in [0.1, 0.15) is 0 Å². The molecule has 0 rings (SSSR count). The zero-order valence-corrected chi connectivity index (χ0v) is 9.96. The maximum atomic E-state index is 10.9. The molecule has 0 saturated heterocycles. The molecule has 0 aromatic heterocycles. The summed E-state index contributed by atoms with van der Waals surface area (Å²) in [6, 6.07) is 0. The number of amides is 1. The highest BCUT2D eigenvalue weighted by Gasteiger charge is 2.17. The number of nitrogens with one attached hydrogen (secondary N) is 1. The van der Waals surface area contributed by atoms with Crippen molar-refractivity contribution in [3.63, 3.8) is 0 Å². The van der Waals surface area contributed by atoms with Gasteiger partial charge < -0.3 is 19.5 Å². The molecule has 0 aliphatic rings. The Balaban J connectivity index is 3.49. The molecule has 0 spiro atoms. The van der Waals surface area contributed by atoms with Gasteiger partial charge in [-0.2, -0.15) is 0 Å². The molecule has 0 radical (unpaired) electrons. The fourth-order valence-electron chi connectivity index (χ4n) is 1.02. The van der Waals surface area contributed by atoms with Gasteiger partial charge in [-0.15, -0.1) is 0 Å². The van der Waals surface area contributed by atoms with E-state index in [1.54, 1.807) is 6.92 Å². The predicted molar refractivity (Wildman–Crippen MR) is 56.7 cm³/mol. The van der Waals surface area contributed by atoms with Crippen LogP contribution in [0.4, 0.5) is 4.79 Å². The normalized spacial score (nSPS) is 11.2. The van der Waals surface area contributed by atoms with Crippen molar-refractivity contribution in [3.05, 3.63) is 0 Å². The predicted octanol–water partition coefficient (Wildman–Crippen LogP) is 1.52. The van der Waals surface area contributed by atoms with E-state index in [1.165, 1.54) is 0 Å². The van der Waals surface area contributed by atoms with E-state index in [1.807, 2.05) is 20.8 Å². The first-order valence-electron chi connectivity index (χ1n) is 5.20. The number of carbonyl (C=O) groups is 1. The maximum absolute atomic E-state index is 10.9. The number of carbonyl (C=O) groups excluding carboxylic acids is 1. The lowest BCUT2D eigenvalue weighted by Gasteiger charge is -2.24. The van der Waals surface area contributed by atoms with Crippen LogP contribution in [0.3, 0.4) is 0 Å². The molecule has 0 aliphatic carbocycles. The van der Waals surface area contributed by atoms with Gasteiger partial charge >= 0.3 is 6.09 Å². The molecule has 1 N–H and O–H groups in total. The SMILES string of the molecule is CCOC(=O)NCCOC(C)(C)OCC. The summed E-state index contributed by atoms with van der Waals surface area (Å²) >= 11 is 0. The molecule has 90 valence electrons. The Morgan fingerprint density at radius 1 is 1.20 bits per heavy atom. The van der Waals surface area contributed by atoms with Gasteiger partial charge in [0, 0.05) is 13.2 Å². The van der Waals surface area contributed by atoms with Crippen molar-refractivity contribution in [2.24, 2.45) is 0 Å². The lowest BCUT2D eigenvalue weighted by molar-refractivity contribution is -0.209. The summed E-state index contributed by atoms with van der Waals surface area (Å²) < 4.78 is 15.4. The third-order valence-electron chi connectivity index (χ3n) is 1.59. The highest BCUT2D eigenvalue weighted by atomic mass is 16.7. The summed E-state index contributed by atoms with van der Waals surface area (Å²) in [5.74, 6) is -0.606. The molecule has 0 saturated carbocycles.